The van der Waals surface area contributed by atoms with Crippen molar-refractivity contribution in [2.45, 2.75) is 31.7 Å². The zero-order valence-electron chi connectivity index (χ0n) is 12.5. The fourth-order valence-corrected chi connectivity index (χ4v) is 3.00. The molecular formula is C18H22N2O. The predicted octanol–water partition coefficient (Wildman–Crippen LogP) is 3.30. The first kappa shape index (κ1) is 14.1. The fourth-order valence-electron chi connectivity index (χ4n) is 3.00. The average Bonchev–Trinajstić information content (AvgIpc) is 2.55. The summed E-state index contributed by atoms with van der Waals surface area (Å²) >= 11 is 0. The molecule has 3 rings (SSSR count). The number of nitrogens with one attached hydrogen (secondary N) is 1. The van der Waals surface area contributed by atoms with Crippen LogP contribution in [0.25, 0.3) is 0 Å². The lowest BCUT2D eigenvalue weighted by atomic mass is 9.87. The van der Waals surface area contributed by atoms with Crippen LogP contribution in [0.3, 0.4) is 0 Å². The highest BCUT2D eigenvalue weighted by Crippen LogP contribution is 2.31. The molecule has 3 heteroatoms. The van der Waals surface area contributed by atoms with Gasteiger partial charge in [-0.1, -0.05) is 12.1 Å². The molecule has 1 unspecified atom stereocenters. The molecule has 1 heterocycles. The van der Waals surface area contributed by atoms with Crippen molar-refractivity contribution in [3.05, 3.63) is 59.4 Å². The van der Waals surface area contributed by atoms with E-state index in [0.717, 1.165) is 24.3 Å². The molecule has 0 saturated heterocycles. The average molecular weight is 282 g/mol. The normalized spacial score (nSPS) is 17.3. The number of aryl methyl sites for hydroxylation is 1. The van der Waals surface area contributed by atoms with Crippen LogP contribution in [-0.2, 0) is 12.8 Å². The van der Waals surface area contributed by atoms with Crippen LogP contribution in [0.1, 0.15) is 35.7 Å². The quantitative estimate of drug-likeness (QED) is 0.913. The number of hydrogen-bond donors (Lipinski definition) is 1. The standard InChI is InChI=1S/C18H22N2O/c1-19-18-7-4-5-14-13-16(8-9-17(14)18)21-12-10-15-6-2-3-11-20-15/h2-3,6,8-9,11,13,18-19H,4-5,7,10,12H2,1H3. The zero-order chi connectivity index (χ0) is 14.5. The van der Waals surface area contributed by atoms with Crippen LogP contribution in [0.5, 0.6) is 5.75 Å². The van der Waals surface area contributed by atoms with Gasteiger partial charge in [0.1, 0.15) is 5.75 Å². The van der Waals surface area contributed by atoms with Gasteiger partial charge in [-0.2, -0.15) is 0 Å². The molecule has 3 nitrogen and oxygen atoms in total. The summed E-state index contributed by atoms with van der Waals surface area (Å²) in [6.07, 6.45) is 6.30. The highest BCUT2D eigenvalue weighted by Gasteiger charge is 2.18. The Kier molecular flexibility index (Phi) is 4.51. The molecular weight excluding hydrogens is 260 g/mol. The third-order valence-corrected chi connectivity index (χ3v) is 4.13. The molecule has 1 atom stereocenters. The van der Waals surface area contributed by atoms with Gasteiger partial charge in [0.2, 0.25) is 0 Å². The monoisotopic (exact) mass is 282 g/mol. The molecule has 21 heavy (non-hydrogen) atoms. The molecule has 0 aliphatic heterocycles. The number of nitrogens with zero attached hydrogens (tertiary/aromatic N) is 1. The molecule has 0 fully saturated rings. The maximum Gasteiger partial charge on any atom is 0.119 e. The van der Waals surface area contributed by atoms with Crippen molar-refractivity contribution in [3.63, 3.8) is 0 Å². The third kappa shape index (κ3) is 3.42. The minimum absolute atomic E-state index is 0.497. The fraction of sp³-hybridized carbons (Fsp3) is 0.389. The molecule has 0 amide bonds. The first-order chi connectivity index (χ1) is 10.4. The number of fused-ring (bicyclic) bond motifs is 1. The second kappa shape index (κ2) is 6.72. The van der Waals surface area contributed by atoms with E-state index in [1.54, 1.807) is 0 Å². The van der Waals surface area contributed by atoms with E-state index in [2.05, 4.69) is 28.5 Å². The summed E-state index contributed by atoms with van der Waals surface area (Å²) in [7, 11) is 2.04. The number of ether oxygens (including phenoxy) is 1. The number of rotatable bonds is 5. The van der Waals surface area contributed by atoms with Gasteiger partial charge in [0.15, 0.2) is 0 Å². The summed E-state index contributed by atoms with van der Waals surface area (Å²) in [6.45, 7) is 0.672. The van der Waals surface area contributed by atoms with Gasteiger partial charge in [0.05, 0.1) is 6.61 Å². The Morgan fingerprint density at radius 3 is 3.05 bits per heavy atom. The summed E-state index contributed by atoms with van der Waals surface area (Å²) in [5, 5.41) is 3.40. The number of hydrogen-bond acceptors (Lipinski definition) is 3. The van der Waals surface area contributed by atoms with Gasteiger partial charge in [0, 0.05) is 24.4 Å². The molecule has 0 saturated carbocycles. The van der Waals surface area contributed by atoms with Crippen LogP contribution < -0.4 is 10.1 Å². The van der Waals surface area contributed by atoms with Crippen molar-refractivity contribution in [1.29, 1.82) is 0 Å². The first-order valence-electron chi connectivity index (χ1n) is 7.69. The maximum absolute atomic E-state index is 5.88. The van der Waals surface area contributed by atoms with Crippen LogP contribution in [0.15, 0.2) is 42.6 Å². The molecule has 1 aromatic heterocycles. The summed E-state index contributed by atoms with van der Waals surface area (Å²) in [4.78, 5) is 4.31. The van der Waals surface area contributed by atoms with Gasteiger partial charge >= 0.3 is 0 Å². The van der Waals surface area contributed by atoms with Crippen LogP contribution in [0.4, 0.5) is 0 Å². The number of benzene rings is 1. The highest BCUT2D eigenvalue weighted by molar-refractivity contribution is 5.39. The van der Waals surface area contributed by atoms with Crippen molar-refractivity contribution < 1.29 is 4.74 Å². The van der Waals surface area contributed by atoms with Crippen molar-refractivity contribution in [2.24, 2.45) is 0 Å². The summed E-state index contributed by atoms with van der Waals surface area (Å²) in [5.74, 6) is 0.974. The van der Waals surface area contributed by atoms with E-state index in [0.29, 0.717) is 12.6 Å². The van der Waals surface area contributed by atoms with E-state index in [1.165, 1.54) is 24.0 Å². The smallest absolute Gasteiger partial charge is 0.119 e. The minimum atomic E-state index is 0.497. The molecule has 1 aromatic carbocycles. The lowest BCUT2D eigenvalue weighted by Gasteiger charge is -2.25. The van der Waals surface area contributed by atoms with Gasteiger partial charge in [-0.3, -0.25) is 4.98 Å². The van der Waals surface area contributed by atoms with Crippen molar-refractivity contribution in [1.82, 2.24) is 10.3 Å². The Morgan fingerprint density at radius 1 is 1.29 bits per heavy atom. The molecule has 0 spiro atoms. The molecule has 1 aliphatic carbocycles. The second-order valence-electron chi connectivity index (χ2n) is 5.51. The van der Waals surface area contributed by atoms with E-state index >= 15 is 0 Å². The van der Waals surface area contributed by atoms with Gasteiger partial charge in [-0.15, -0.1) is 0 Å². The van der Waals surface area contributed by atoms with Gasteiger partial charge in [0.25, 0.3) is 0 Å². The number of aromatic nitrogens is 1. The van der Waals surface area contributed by atoms with Crippen LogP contribution >= 0.6 is 0 Å². The maximum atomic E-state index is 5.88. The molecule has 0 bridgehead atoms. The molecule has 0 radical (unpaired) electrons. The van der Waals surface area contributed by atoms with Gasteiger partial charge in [-0.05, 0) is 61.7 Å². The van der Waals surface area contributed by atoms with Crippen LogP contribution in [0.2, 0.25) is 0 Å². The first-order valence-corrected chi connectivity index (χ1v) is 7.69. The number of pyridine rings is 1. The third-order valence-electron chi connectivity index (χ3n) is 4.13. The lowest BCUT2D eigenvalue weighted by molar-refractivity contribution is 0.319. The SMILES string of the molecule is CNC1CCCc2cc(OCCc3ccccn3)ccc21. The molecule has 2 aromatic rings. The topological polar surface area (TPSA) is 34.1 Å². The Labute approximate surface area is 126 Å². The van der Waals surface area contributed by atoms with Crippen molar-refractivity contribution in [3.8, 4) is 5.75 Å². The van der Waals surface area contributed by atoms with Gasteiger partial charge < -0.3 is 10.1 Å². The Hall–Kier alpha value is -1.87. The van der Waals surface area contributed by atoms with E-state index in [-0.39, 0.29) is 0 Å². The van der Waals surface area contributed by atoms with Crippen LogP contribution in [-0.4, -0.2) is 18.6 Å². The summed E-state index contributed by atoms with van der Waals surface area (Å²) < 4.78 is 5.88. The molecule has 1 N–H and O–H groups in total. The van der Waals surface area contributed by atoms with E-state index in [1.807, 2.05) is 31.4 Å². The summed E-state index contributed by atoms with van der Waals surface area (Å²) in [5.41, 5.74) is 3.93. The summed E-state index contributed by atoms with van der Waals surface area (Å²) in [6, 6.07) is 13.0. The minimum Gasteiger partial charge on any atom is -0.493 e. The van der Waals surface area contributed by atoms with Crippen molar-refractivity contribution >= 4 is 0 Å². The van der Waals surface area contributed by atoms with Crippen LogP contribution in [0, 0.1) is 0 Å². The van der Waals surface area contributed by atoms with E-state index < -0.39 is 0 Å². The Balaban J connectivity index is 1.62. The highest BCUT2D eigenvalue weighted by atomic mass is 16.5. The predicted molar refractivity (Wildman–Crippen MR) is 84.6 cm³/mol. The zero-order valence-corrected chi connectivity index (χ0v) is 12.5. The van der Waals surface area contributed by atoms with E-state index in [4.69, 9.17) is 4.74 Å². The Bertz CT molecular complexity index is 583. The Morgan fingerprint density at radius 2 is 2.24 bits per heavy atom. The molecule has 110 valence electrons. The second-order valence-corrected chi connectivity index (χ2v) is 5.51. The largest absolute Gasteiger partial charge is 0.493 e. The van der Waals surface area contributed by atoms with Gasteiger partial charge in [-0.25, -0.2) is 0 Å². The van der Waals surface area contributed by atoms with Crippen molar-refractivity contribution in [2.75, 3.05) is 13.7 Å². The molecule has 1 aliphatic rings. The van der Waals surface area contributed by atoms with E-state index in [9.17, 15) is 0 Å². The lowest BCUT2D eigenvalue weighted by Crippen LogP contribution is -2.21.